The molecule has 1 heterocycles. The minimum Gasteiger partial charge on any atom is -0.406 e. The molecule has 1 saturated heterocycles. The number of rotatable bonds is 5. The Morgan fingerprint density at radius 2 is 1.73 bits per heavy atom. The van der Waals surface area contributed by atoms with Gasteiger partial charge in [0.15, 0.2) is 9.84 Å². The van der Waals surface area contributed by atoms with Gasteiger partial charge in [-0.1, -0.05) is 0 Å². The first-order valence-electron chi connectivity index (χ1n) is 6.65. The van der Waals surface area contributed by atoms with Crippen LogP contribution in [-0.2, 0) is 9.84 Å². The maximum Gasteiger partial charge on any atom is 0.573 e. The van der Waals surface area contributed by atoms with Crippen molar-refractivity contribution in [2.24, 2.45) is 0 Å². The van der Waals surface area contributed by atoms with Gasteiger partial charge in [-0.2, -0.15) is 11.8 Å². The van der Waals surface area contributed by atoms with Crippen molar-refractivity contribution >= 4 is 21.6 Å². The molecule has 1 aromatic rings. The normalized spacial score (nSPS) is 17.4. The van der Waals surface area contributed by atoms with Crippen LogP contribution < -0.4 is 4.74 Å². The Kier molecular flexibility index (Phi) is 5.62. The summed E-state index contributed by atoms with van der Waals surface area (Å²) >= 11 is 1.84. The Balaban J connectivity index is 1.96. The highest BCUT2D eigenvalue weighted by atomic mass is 32.2. The van der Waals surface area contributed by atoms with E-state index in [2.05, 4.69) is 9.64 Å². The second kappa shape index (κ2) is 7.10. The number of halogens is 3. The largest absolute Gasteiger partial charge is 0.573 e. The van der Waals surface area contributed by atoms with Crippen molar-refractivity contribution in [3.63, 3.8) is 0 Å². The highest BCUT2D eigenvalue weighted by Crippen LogP contribution is 2.24. The molecule has 0 atom stereocenters. The number of thioether (sulfide) groups is 1. The SMILES string of the molecule is O=S(=O)(CCN1CCSCC1)c1ccc(OC(F)(F)F)cc1. The van der Waals surface area contributed by atoms with E-state index in [1.165, 1.54) is 0 Å². The molecule has 0 N–H and O–H groups in total. The van der Waals surface area contributed by atoms with E-state index in [1.807, 2.05) is 11.8 Å². The van der Waals surface area contributed by atoms with Crippen LogP contribution in [0, 0.1) is 0 Å². The van der Waals surface area contributed by atoms with Crippen molar-refractivity contribution in [3.8, 4) is 5.75 Å². The van der Waals surface area contributed by atoms with Crippen molar-refractivity contribution in [3.05, 3.63) is 24.3 Å². The summed E-state index contributed by atoms with van der Waals surface area (Å²) in [5.74, 6) is 1.50. The van der Waals surface area contributed by atoms with E-state index >= 15 is 0 Å². The van der Waals surface area contributed by atoms with E-state index in [4.69, 9.17) is 0 Å². The van der Waals surface area contributed by atoms with Gasteiger partial charge in [0.1, 0.15) is 5.75 Å². The smallest absolute Gasteiger partial charge is 0.406 e. The second-order valence-electron chi connectivity index (χ2n) is 4.79. The lowest BCUT2D eigenvalue weighted by atomic mass is 10.3. The van der Waals surface area contributed by atoms with Crippen molar-refractivity contribution in [2.75, 3.05) is 36.9 Å². The van der Waals surface area contributed by atoms with Gasteiger partial charge in [0.2, 0.25) is 0 Å². The molecule has 1 fully saturated rings. The summed E-state index contributed by atoms with van der Waals surface area (Å²) in [4.78, 5) is 2.09. The van der Waals surface area contributed by atoms with Gasteiger partial charge in [-0.15, -0.1) is 13.2 Å². The Morgan fingerprint density at radius 3 is 2.27 bits per heavy atom. The van der Waals surface area contributed by atoms with Crippen LogP contribution in [-0.4, -0.2) is 56.6 Å². The van der Waals surface area contributed by atoms with Crippen LogP contribution in [0.15, 0.2) is 29.2 Å². The van der Waals surface area contributed by atoms with Crippen LogP contribution >= 0.6 is 11.8 Å². The highest BCUT2D eigenvalue weighted by Gasteiger charge is 2.31. The Labute approximate surface area is 131 Å². The summed E-state index contributed by atoms with van der Waals surface area (Å²) in [6.07, 6.45) is -4.79. The summed E-state index contributed by atoms with van der Waals surface area (Å²) in [5.41, 5.74) is 0. The third-order valence-electron chi connectivity index (χ3n) is 3.20. The van der Waals surface area contributed by atoms with Crippen molar-refractivity contribution in [1.29, 1.82) is 0 Å². The Morgan fingerprint density at radius 1 is 1.14 bits per heavy atom. The summed E-state index contributed by atoms with van der Waals surface area (Å²) in [6.45, 7) is 2.15. The molecule has 124 valence electrons. The minimum atomic E-state index is -4.79. The lowest BCUT2D eigenvalue weighted by Gasteiger charge is -2.25. The predicted molar refractivity (Wildman–Crippen MR) is 78.9 cm³/mol. The van der Waals surface area contributed by atoms with E-state index in [0.29, 0.717) is 6.54 Å². The zero-order valence-corrected chi connectivity index (χ0v) is 13.3. The summed E-state index contributed by atoms with van der Waals surface area (Å²) in [5, 5.41) is 0. The maximum atomic E-state index is 12.2. The van der Waals surface area contributed by atoms with E-state index in [0.717, 1.165) is 48.9 Å². The number of benzene rings is 1. The average molecular weight is 355 g/mol. The Bertz CT molecular complexity index is 582. The van der Waals surface area contributed by atoms with Crippen LogP contribution in [0.25, 0.3) is 0 Å². The van der Waals surface area contributed by atoms with Gasteiger partial charge in [-0.25, -0.2) is 8.42 Å². The fraction of sp³-hybridized carbons (Fsp3) is 0.538. The molecule has 0 aromatic heterocycles. The van der Waals surface area contributed by atoms with Crippen molar-refractivity contribution in [2.45, 2.75) is 11.3 Å². The summed E-state index contributed by atoms with van der Waals surface area (Å²) in [7, 11) is -3.51. The van der Waals surface area contributed by atoms with Gasteiger partial charge in [0.05, 0.1) is 10.6 Å². The number of hydrogen-bond donors (Lipinski definition) is 0. The topological polar surface area (TPSA) is 46.6 Å². The molecule has 0 unspecified atom stereocenters. The van der Waals surface area contributed by atoms with Crippen LogP contribution in [0.4, 0.5) is 13.2 Å². The average Bonchev–Trinajstić information content (AvgIpc) is 2.45. The molecule has 22 heavy (non-hydrogen) atoms. The highest BCUT2D eigenvalue weighted by molar-refractivity contribution is 7.99. The minimum absolute atomic E-state index is 0.00779. The quantitative estimate of drug-likeness (QED) is 0.812. The molecule has 1 aromatic carbocycles. The molecule has 1 aliphatic heterocycles. The molecular weight excluding hydrogens is 339 g/mol. The van der Waals surface area contributed by atoms with Crippen molar-refractivity contribution < 1.29 is 26.3 Å². The number of nitrogens with zero attached hydrogens (tertiary/aromatic N) is 1. The van der Waals surface area contributed by atoms with E-state index in [1.54, 1.807) is 0 Å². The summed E-state index contributed by atoms with van der Waals surface area (Å²) in [6, 6.07) is 4.31. The number of sulfone groups is 1. The molecule has 1 aliphatic rings. The first-order chi connectivity index (χ1) is 10.3. The predicted octanol–water partition coefficient (Wildman–Crippen LogP) is 2.41. The monoisotopic (exact) mass is 355 g/mol. The molecular formula is C13H16F3NO3S2. The van der Waals surface area contributed by atoms with Crippen molar-refractivity contribution in [1.82, 2.24) is 4.90 Å². The van der Waals surface area contributed by atoms with Gasteiger partial charge in [0.25, 0.3) is 0 Å². The van der Waals surface area contributed by atoms with Gasteiger partial charge < -0.3 is 9.64 Å². The zero-order chi connectivity index (χ0) is 16.2. The molecule has 0 spiro atoms. The molecule has 9 heteroatoms. The molecule has 2 rings (SSSR count). The van der Waals surface area contributed by atoms with Crippen LogP contribution in [0.2, 0.25) is 0 Å². The third kappa shape index (κ3) is 5.36. The molecule has 4 nitrogen and oxygen atoms in total. The van der Waals surface area contributed by atoms with Gasteiger partial charge in [0, 0.05) is 31.1 Å². The third-order valence-corrected chi connectivity index (χ3v) is 5.85. The van der Waals surface area contributed by atoms with E-state index in [9.17, 15) is 21.6 Å². The number of alkyl halides is 3. The molecule has 0 aliphatic carbocycles. The zero-order valence-electron chi connectivity index (χ0n) is 11.7. The lowest BCUT2D eigenvalue weighted by Crippen LogP contribution is -2.36. The van der Waals surface area contributed by atoms with Crippen LogP contribution in [0.1, 0.15) is 0 Å². The second-order valence-corrected chi connectivity index (χ2v) is 8.13. The first kappa shape index (κ1) is 17.4. The van der Waals surface area contributed by atoms with Gasteiger partial charge in [-0.05, 0) is 24.3 Å². The van der Waals surface area contributed by atoms with Crippen LogP contribution in [0.5, 0.6) is 5.75 Å². The van der Waals surface area contributed by atoms with Gasteiger partial charge in [-0.3, -0.25) is 0 Å². The molecule has 0 bridgehead atoms. The molecule has 0 saturated carbocycles. The van der Waals surface area contributed by atoms with E-state index in [-0.39, 0.29) is 10.6 Å². The molecule has 0 radical (unpaired) electrons. The van der Waals surface area contributed by atoms with E-state index < -0.39 is 21.9 Å². The fourth-order valence-corrected chi connectivity index (χ4v) is 4.30. The lowest BCUT2D eigenvalue weighted by molar-refractivity contribution is -0.274. The fourth-order valence-electron chi connectivity index (χ4n) is 2.04. The van der Waals surface area contributed by atoms with Crippen LogP contribution in [0.3, 0.4) is 0 Å². The Hall–Kier alpha value is -0.930. The number of hydrogen-bond acceptors (Lipinski definition) is 5. The molecule has 0 amide bonds. The first-order valence-corrected chi connectivity index (χ1v) is 9.46. The standard InChI is InChI=1S/C13H16F3NO3S2/c14-13(15,16)20-11-1-3-12(4-2-11)22(18,19)10-7-17-5-8-21-9-6-17/h1-4H,5-10H2. The van der Waals surface area contributed by atoms with Gasteiger partial charge >= 0.3 is 6.36 Å². The maximum absolute atomic E-state index is 12.2. The summed E-state index contributed by atoms with van der Waals surface area (Å²) < 4.78 is 64.2. The number of ether oxygens (including phenoxy) is 1.